The number of nitrogens with zero attached hydrogens (tertiary/aromatic N) is 4. The molecule has 6 nitrogen and oxygen atoms in total. The molecule has 25 heavy (non-hydrogen) atoms. The number of nitrogens with one attached hydrogen (secondary N) is 1. The monoisotopic (exact) mass is 403 g/mol. The summed E-state index contributed by atoms with van der Waals surface area (Å²) >= 11 is 3.43. The maximum absolute atomic E-state index is 12.8. The molecular weight excluding hydrogens is 389 g/mol. The summed E-state index contributed by atoms with van der Waals surface area (Å²) in [4.78, 5) is 13.2. The van der Waals surface area contributed by atoms with E-state index in [-0.39, 0.29) is 18.3 Å². The van der Waals surface area contributed by atoms with Crippen molar-refractivity contribution in [2.45, 2.75) is 13.0 Å². The summed E-state index contributed by atoms with van der Waals surface area (Å²) in [5, 5.41) is 14.9. The molecule has 3 rings (SSSR count). The fourth-order valence-corrected chi connectivity index (χ4v) is 2.70. The average molecular weight is 404 g/mol. The van der Waals surface area contributed by atoms with Crippen molar-refractivity contribution in [3.8, 4) is 11.4 Å². The van der Waals surface area contributed by atoms with Gasteiger partial charge < -0.3 is 5.32 Å². The molecule has 0 unspecified atom stereocenters. The number of tetrazole rings is 1. The minimum Gasteiger partial charge on any atom is -0.354 e. The van der Waals surface area contributed by atoms with Crippen LogP contribution in [-0.2, 0) is 17.8 Å². The maximum atomic E-state index is 12.8. The van der Waals surface area contributed by atoms with E-state index in [1.165, 1.54) is 16.9 Å². The van der Waals surface area contributed by atoms with E-state index >= 15 is 0 Å². The number of aromatic nitrogens is 4. The van der Waals surface area contributed by atoms with Crippen molar-refractivity contribution < 1.29 is 9.18 Å². The highest BCUT2D eigenvalue weighted by Crippen LogP contribution is 2.24. The van der Waals surface area contributed by atoms with Crippen LogP contribution in [0.1, 0.15) is 5.56 Å². The van der Waals surface area contributed by atoms with Crippen LogP contribution in [-0.4, -0.2) is 32.7 Å². The van der Waals surface area contributed by atoms with E-state index in [4.69, 9.17) is 0 Å². The molecule has 0 saturated heterocycles. The first-order valence-corrected chi connectivity index (χ1v) is 8.45. The fraction of sp³-hybridized carbons (Fsp3) is 0.176. The molecule has 0 saturated carbocycles. The molecule has 0 bridgehead atoms. The van der Waals surface area contributed by atoms with Crippen molar-refractivity contribution in [1.82, 2.24) is 25.5 Å². The van der Waals surface area contributed by atoms with Crippen LogP contribution in [0, 0.1) is 5.82 Å². The number of carbonyl (C=O) groups is 1. The van der Waals surface area contributed by atoms with Gasteiger partial charge in [0.05, 0.1) is 0 Å². The molecule has 0 aliphatic rings. The Labute approximate surface area is 152 Å². The Morgan fingerprint density at radius 2 is 1.92 bits per heavy atom. The third-order valence-electron chi connectivity index (χ3n) is 3.50. The molecule has 0 atom stereocenters. The Kier molecular flexibility index (Phi) is 5.49. The van der Waals surface area contributed by atoms with Gasteiger partial charge in [-0.15, -0.1) is 10.2 Å². The van der Waals surface area contributed by atoms with E-state index in [0.717, 1.165) is 15.6 Å². The first kappa shape index (κ1) is 17.2. The number of rotatable bonds is 6. The molecule has 1 aromatic heterocycles. The van der Waals surface area contributed by atoms with Crippen LogP contribution >= 0.6 is 15.9 Å². The molecule has 1 amide bonds. The van der Waals surface area contributed by atoms with Gasteiger partial charge >= 0.3 is 0 Å². The molecule has 8 heteroatoms. The van der Waals surface area contributed by atoms with Gasteiger partial charge in [-0.1, -0.05) is 40.2 Å². The van der Waals surface area contributed by atoms with E-state index in [2.05, 4.69) is 36.7 Å². The molecule has 2 aromatic carbocycles. The highest BCUT2D eigenvalue weighted by atomic mass is 79.9. The van der Waals surface area contributed by atoms with Crippen molar-refractivity contribution in [3.63, 3.8) is 0 Å². The first-order valence-electron chi connectivity index (χ1n) is 7.65. The quantitative estimate of drug-likeness (QED) is 0.686. The Balaban J connectivity index is 1.52. The molecule has 0 aliphatic heterocycles. The second kappa shape index (κ2) is 7.98. The second-order valence-electron chi connectivity index (χ2n) is 5.35. The third-order valence-corrected chi connectivity index (χ3v) is 4.19. The lowest BCUT2D eigenvalue weighted by Crippen LogP contribution is -2.30. The largest absolute Gasteiger partial charge is 0.354 e. The van der Waals surface area contributed by atoms with E-state index in [1.807, 2.05) is 24.3 Å². The first-order chi connectivity index (χ1) is 12.1. The van der Waals surface area contributed by atoms with E-state index in [1.54, 1.807) is 12.1 Å². The number of benzene rings is 2. The molecule has 3 aromatic rings. The van der Waals surface area contributed by atoms with Crippen LogP contribution < -0.4 is 5.32 Å². The SMILES string of the molecule is O=C(Cn1nnc(-c2ccccc2Br)n1)NCCc1ccc(F)cc1. The van der Waals surface area contributed by atoms with Gasteiger partial charge in [0.25, 0.3) is 0 Å². The van der Waals surface area contributed by atoms with Gasteiger partial charge in [-0.3, -0.25) is 4.79 Å². The number of halogens is 2. The van der Waals surface area contributed by atoms with Crippen LogP contribution in [0.2, 0.25) is 0 Å². The van der Waals surface area contributed by atoms with Crippen molar-refractivity contribution in [2.75, 3.05) is 6.54 Å². The predicted molar refractivity (Wildman–Crippen MR) is 94.1 cm³/mol. The van der Waals surface area contributed by atoms with Gasteiger partial charge in [-0.2, -0.15) is 4.80 Å². The van der Waals surface area contributed by atoms with Crippen molar-refractivity contribution in [3.05, 3.63) is 64.4 Å². The molecule has 128 valence electrons. The predicted octanol–water partition coefficient (Wildman–Crippen LogP) is 2.60. The van der Waals surface area contributed by atoms with Gasteiger partial charge in [-0.25, -0.2) is 4.39 Å². The Hall–Kier alpha value is -2.61. The van der Waals surface area contributed by atoms with Gasteiger partial charge in [-0.05, 0) is 41.5 Å². The smallest absolute Gasteiger partial charge is 0.243 e. The summed E-state index contributed by atoms with van der Waals surface area (Å²) in [5.74, 6) is -0.0318. The Morgan fingerprint density at radius 3 is 2.68 bits per heavy atom. The van der Waals surface area contributed by atoms with Gasteiger partial charge in [0.1, 0.15) is 12.4 Å². The summed E-state index contributed by atoms with van der Waals surface area (Å²) in [6.45, 7) is 0.442. The van der Waals surface area contributed by atoms with Gasteiger partial charge in [0.15, 0.2) is 0 Å². The molecular formula is C17H15BrFN5O. The minimum absolute atomic E-state index is 0.0130. The lowest BCUT2D eigenvalue weighted by atomic mass is 10.1. The van der Waals surface area contributed by atoms with Crippen LogP contribution in [0.4, 0.5) is 4.39 Å². The second-order valence-corrected chi connectivity index (χ2v) is 6.20. The minimum atomic E-state index is -0.272. The van der Waals surface area contributed by atoms with E-state index in [0.29, 0.717) is 18.8 Å². The zero-order chi connectivity index (χ0) is 17.6. The zero-order valence-corrected chi connectivity index (χ0v) is 14.8. The van der Waals surface area contributed by atoms with Crippen LogP contribution in [0.15, 0.2) is 53.0 Å². The Morgan fingerprint density at radius 1 is 1.16 bits per heavy atom. The Bertz CT molecular complexity index is 865. The number of carbonyl (C=O) groups excluding carboxylic acids is 1. The summed E-state index contributed by atoms with van der Waals surface area (Å²) in [6.07, 6.45) is 0.624. The molecule has 1 heterocycles. The van der Waals surface area contributed by atoms with Crippen molar-refractivity contribution >= 4 is 21.8 Å². The fourth-order valence-electron chi connectivity index (χ4n) is 2.24. The lowest BCUT2D eigenvalue weighted by molar-refractivity contribution is -0.122. The lowest BCUT2D eigenvalue weighted by Gasteiger charge is -2.04. The summed E-state index contributed by atoms with van der Waals surface area (Å²) in [6, 6.07) is 13.7. The van der Waals surface area contributed by atoms with Crippen LogP contribution in [0.25, 0.3) is 11.4 Å². The van der Waals surface area contributed by atoms with Crippen LogP contribution in [0.5, 0.6) is 0 Å². The highest BCUT2D eigenvalue weighted by Gasteiger charge is 2.11. The van der Waals surface area contributed by atoms with Gasteiger partial charge in [0, 0.05) is 16.6 Å². The molecule has 0 fully saturated rings. The van der Waals surface area contributed by atoms with E-state index < -0.39 is 0 Å². The maximum Gasteiger partial charge on any atom is 0.243 e. The number of hydrogen-bond donors (Lipinski definition) is 1. The molecule has 0 aliphatic carbocycles. The normalized spacial score (nSPS) is 10.6. The van der Waals surface area contributed by atoms with Crippen LogP contribution in [0.3, 0.4) is 0 Å². The summed E-state index contributed by atoms with van der Waals surface area (Å²) in [5.41, 5.74) is 1.77. The molecule has 0 spiro atoms. The molecule has 0 radical (unpaired) electrons. The van der Waals surface area contributed by atoms with E-state index in [9.17, 15) is 9.18 Å². The van der Waals surface area contributed by atoms with Gasteiger partial charge in [0.2, 0.25) is 11.7 Å². The van der Waals surface area contributed by atoms with Crippen molar-refractivity contribution in [1.29, 1.82) is 0 Å². The highest BCUT2D eigenvalue weighted by molar-refractivity contribution is 9.10. The summed E-state index contributed by atoms with van der Waals surface area (Å²) < 4.78 is 13.7. The average Bonchev–Trinajstić information content (AvgIpc) is 3.05. The summed E-state index contributed by atoms with van der Waals surface area (Å²) in [7, 11) is 0. The zero-order valence-electron chi connectivity index (χ0n) is 13.2. The topological polar surface area (TPSA) is 72.7 Å². The third kappa shape index (κ3) is 4.69. The standard InChI is InChI=1S/C17H15BrFN5O/c18-15-4-2-1-3-14(15)17-21-23-24(22-17)11-16(25)20-10-9-12-5-7-13(19)8-6-12/h1-8H,9-11H2,(H,20,25). The molecule has 1 N–H and O–H groups in total. The number of hydrogen-bond acceptors (Lipinski definition) is 4. The number of amides is 1. The van der Waals surface area contributed by atoms with Crippen molar-refractivity contribution in [2.24, 2.45) is 0 Å².